The molecule has 2 aliphatic carbocycles. The normalized spacial score (nSPS) is 30.3. The Hall–Kier alpha value is -5.38. The van der Waals surface area contributed by atoms with Gasteiger partial charge in [-0.15, -0.1) is 0 Å². The van der Waals surface area contributed by atoms with E-state index in [1.54, 1.807) is 32.0 Å². The van der Waals surface area contributed by atoms with Crippen LogP contribution in [0, 0.1) is 23.2 Å². The lowest BCUT2D eigenvalue weighted by Crippen LogP contribution is -2.58. The zero-order chi connectivity index (χ0) is 43.2. The van der Waals surface area contributed by atoms with E-state index < -0.39 is 131 Å². The van der Waals surface area contributed by atoms with Crippen LogP contribution >= 0.6 is 0 Å². The van der Waals surface area contributed by atoms with Crippen LogP contribution in [0.2, 0.25) is 0 Å². The number of carbonyl (C=O) groups is 8. The first-order valence-electron chi connectivity index (χ1n) is 18.3. The van der Waals surface area contributed by atoms with Crippen molar-refractivity contribution in [3.05, 3.63) is 60.2 Å². The van der Waals surface area contributed by atoms with E-state index in [-0.39, 0.29) is 5.56 Å². The molecule has 0 spiro atoms. The predicted octanol–water partition coefficient (Wildman–Crippen LogP) is 3.55. The van der Waals surface area contributed by atoms with Crippen LogP contribution in [0.4, 0.5) is 0 Å². The van der Waals surface area contributed by atoms with Crippen LogP contribution < -0.4 is 0 Å². The number of fused-ring (bicyclic) bond motifs is 1. The number of aliphatic hydroxyl groups is 1. The van der Waals surface area contributed by atoms with Crippen molar-refractivity contribution < 1.29 is 76.6 Å². The summed E-state index contributed by atoms with van der Waals surface area (Å²) in [6.45, 7) is 16.2. The summed E-state index contributed by atoms with van der Waals surface area (Å²) in [7, 11) is 0. The molecule has 0 amide bonds. The molecule has 0 aliphatic heterocycles. The van der Waals surface area contributed by atoms with Gasteiger partial charge in [0.1, 0.15) is 17.3 Å². The number of esters is 7. The lowest BCUT2D eigenvalue weighted by Gasteiger charge is -2.44. The van der Waals surface area contributed by atoms with Crippen LogP contribution in [0.1, 0.15) is 86.0 Å². The lowest BCUT2D eigenvalue weighted by molar-refractivity contribution is -0.195. The van der Waals surface area contributed by atoms with Gasteiger partial charge in [-0.05, 0) is 19.1 Å². The fourth-order valence-corrected chi connectivity index (χ4v) is 7.22. The average Bonchev–Trinajstić information content (AvgIpc) is 3.32. The van der Waals surface area contributed by atoms with E-state index >= 15 is 0 Å². The molecule has 57 heavy (non-hydrogen) atoms. The van der Waals surface area contributed by atoms with Gasteiger partial charge in [-0.2, -0.15) is 0 Å². The first kappa shape index (κ1) is 46.0. The number of hydrogen-bond donors (Lipinski definition) is 1. The summed E-state index contributed by atoms with van der Waals surface area (Å²) < 4.78 is 39.9. The van der Waals surface area contributed by atoms with Gasteiger partial charge in [-0.25, -0.2) is 9.59 Å². The molecule has 0 bridgehead atoms. The van der Waals surface area contributed by atoms with E-state index in [1.165, 1.54) is 52.0 Å². The number of benzene rings is 1. The van der Waals surface area contributed by atoms with Crippen LogP contribution in [-0.2, 0) is 66.7 Å². The molecule has 0 saturated heterocycles. The molecule has 0 aromatic heterocycles. The lowest BCUT2D eigenvalue weighted by atomic mass is 9.72. The quantitative estimate of drug-likeness (QED) is 0.203. The van der Waals surface area contributed by atoms with Gasteiger partial charge in [0.05, 0.1) is 17.4 Å². The Balaban J connectivity index is 2.40. The van der Waals surface area contributed by atoms with Gasteiger partial charge in [0.25, 0.3) is 0 Å². The molecular weight excluding hydrogens is 748 g/mol. The maximum Gasteiger partial charge on any atom is 0.344 e. The van der Waals surface area contributed by atoms with Crippen LogP contribution in [0.25, 0.3) is 0 Å². The summed E-state index contributed by atoms with van der Waals surface area (Å²) in [5, 5.41) is 12.8. The highest BCUT2D eigenvalue weighted by Crippen LogP contribution is 2.52. The molecule has 3 rings (SSSR count). The van der Waals surface area contributed by atoms with E-state index in [0.29, 0.717) is 0 Å². The second kappa shape index (κ2) is 18.3. The van der Waals surface area contributed by atoms with E-state index in [2.05, 4.69) is 6.58 Å². The molecule has 1 aromatic rings. The van der Waals surface area contributed by atoms with Crippen molar-refractivity contribution >= 4 is 47.6 Å². The van der Waals surface area contributed by atoms with Crippen molar-refractivity contribution in [1.82, 2.24) is 0 Å². The number of hydrogen-bond acceptors (Lipinski definition) is 16. The minimum Gasteiger partial charge on any atom is -0.458 e. The molecule has 1 saturated carbocycles. The molecule has 1 fully saturated rings. The van der Waals surface area contributed by atoms with E-state index in [9.17, 15) is 43.5 Å². The van der Waals surface area contributed by atoms with Crippen LogP contribution in [0.15, 0.2) is 54.6 Å². The maximum atomic E-state index is 14.6. The number of Topliss-reactive ketones (excluding diaryl/α,β-unsaturated/α-hetero) is 1. The highest BCUT2D eigenvalue weighted by molar-refractivity contribution is 5.92. The first-order valence-corrected chi connectivity index (χ1v) is 18.3. The molecule has 1 N–H and O–H groups in total. The number of allylic oxidation sites excluding steroid dienone is 1. The van der Waals surface area contributed by atoms with Crippen molar-refractivity contribution in [2.75, 3.05) is 6.61 Å². The van der Waals surface area contributed by atoms with Gasteiger partial charge >= 0.3 is 41.8 Å². The van der Waals surface area contributed by atoms with Gasteiger partial charge in [0.15, 0.2) is 36.8 Å². The zero-order valence-electron chi connectivity index (χ0n) is 33.9. The van der Waals surface area contributed by atoms with Gasteiger partial charge in [0, 0.05) is 51.0 Å². The third-order valence-corrected chi connectivity index (χ3v) is 9.71. The van der Waals surface area contributed by atoms with Crippen molar-refractivity contribution in [2.45, 2.75) is 117 Å². The van der Waals surface area contributed by atoms with E-state index in [1.807, 2.05) is 0 Å². The summed E-state index contributed by atoms with van der Waals surface area (Å²) in [6, 6.07) is 7.71. The Labute approximate surface area is 331 Å². The maximum absolute atomic E-state index is 14.6. The van der Waals surface area contributed by atoms with Gasteiger partial charge in [0.2, 0.25) is 0 Å². The van der Waals surface area contributed by atoms with Crippen molar-refractivity contribution in [3.8, 4) is 0 Å². The summed E-state index contributed by atoms with van der Waals surface area (Å²) >= 11 is 0. The zero-order valence-corrected chi connectivity index (χ0v) is 33.9. The summed E-state index contributed by atoms with van der Waals surface area (Å²) in [4.78, 5) is 105. The van der Waals surface area contributed by atoms with E-state index in [4.69, 9.17) is 33.2 Å². The molecule has 0 heterocycles. The molecule has 1 aromatic carbocycles. The van der Waals surface area contributed by atoms with Gasteiger partial charge < -0.3 is 38.3 Å². The molecule has 2 aliphatic rings. The average molecular weight is 801 g/mol. The highest BCUT2D eigenvalue weighted by Gasteiger charge is 2.69. The molecule has 16 heteroatoms. The summed E-state index contributed by atoms with van der Waals surface area (Å²) in [5.74, 6) is -11.4. The minimum atomic E-state index is -2.68. The standard InChI is InChI=1S/C41H52O16/c1-21(2)37(48)56-32-23(4)31(52-24(5)42)30-35(55-29(46)19-51-38(49)28-15-13-12-14-16-28)40(11,57-27(8)45)20-41(30,50)34(47)22(3)17-18-39(9,10)36(54-26(7)44)33(32)53-25(6)43/h12-18,21-22,30-33,35-36,50H,4,19-20H2,1-3,5-11H3/b18-17+/t22-,30-,31-,32-,33+,35+,36+,40+,41+/m0/s1. The Morgan fingerprint density at radius 3 is 1.91 bits per heavy atom. The second-order valence-corrected chi connectivity index (χ2v) is 15.4. The number of ketones is 1. The third-order valence-electron chi connectivity index (χ3n) is 9.71. The molecule has 0 radical (unpaired) electrons. The van der Waals surface area contributed by atoms with Crippen molar-refractivity contribution in [1.29, 1.82) is 0 Å². The molecule has 0 unspecified atom stereocenters. The van der Waals surface area contributed by atoms with Crippen LogP contribution in [0.5, 0.6) is 0 Å². The van der Waals surface area contributed by atoms with Crippen molar-refractivity contribution in [3.63, 3.8) is 0 Å². The Kier molecular flexibility index (Phi) is 14.7. The fraction of sp³-hybridized carbons (Fsp3) is 0.561. The van der Waals surface area contributed by atoms with Crippen LogP contribution in [0.3, 0.4) is 0 Å². The van der Waals surface area contributed by atoms with Crippen molar-refractivity contribution in [2.24, 2.45) is 23.2 Å². The van der Waals surface area contributed by atoms with Gasteiger partial charge in [-0.1, -0.05) is 71.5 Å². The third kappa shape index (κ3) is 10.9. The monoisotopic (exact) mass is 800 g/mol. The highest BCUT2D eigenvalue weighted by atomic mass is 16.6. The Bertz CT molecular complexity index is 1780. The molecule has 312 valence electrons. The SMILES string of the molecule is C=C1[C@H](OC(=O)C(C)C)[C@@H](OC(C)=O)[C@@H](OC(C)=O)C(C)(C)/C=C/[C@H](C)C(=O)[C@@]2(O)C[C@@](C)(OC(C)=O)[C@H](OC(=O)COC(=O)c3ccccc3)[C@@H]2[C@H]1OC(C)=O. The number of carbonyl (C=O) groups excluding carboxylic acids is 8. The predicted molar refractivity (Wildman–Crippen MR) is 197 cm³/mol. The topological polar surface area (TPSA) is 221 Å². The largest absolute Gasteiger partial charge is 0.458 e. The van der Waals surface area contributed by atoms with E-state index in [0.717, 1.165) is 27.7 Å². The minimum absolute atomic E-state index is 0.114. The number of rotatable bonds is 10. The second-order valence-electron chi connectivity index (χ2n) is 15.4. The fourth-order valence-electron chi connectivity index (χ4n) is 7.22. The molecule has 16 nitrogen and oxygen atoms in total. The number of ether oxygens (including phenoxy) is 7. The first-order chi connectivity index (χ1) is 26.3. The summed E-state index contributed by atoms with van der Waals surface area (Å²) in [5.41, 5.74) is -6.32. The van der Waals surface area contributed by atoms with Gasteiger partial charge in [-0.3, -0.25) is 28.8 Å². The smallest absolute Gasteiger partial charge is 0.344 e. The Morgan fingerprint density at radius 2 is 1.39 bits per heavy atom. The molecule has 9 atom stereocenters. The molecular formula is C41H52O16. The Morgan fingerprint density at radius 1 is 0.807 bits per heavy atom. The van der Waals surface area contributed by atoms with Crippen LogP contribution in [-0.4, -0.2) is 101 Å². The summed E-state index contributed by atoms with van der Waals surface area (Å²) in [6.07, 6.45) is -6.67.